The minimum absolute atomic E-state index is 0.0702. The molecular formula is C20H20N2O4. The number of rotatable bonds is 4. The van der Waals surface area contributed by atoms with Crippen molar-refractivity contribution in [1.29, 1.82) is 0 Å². The van der Waals surface area contributed by atoms with Gasteiger partial charge in [-0.05, 0) is 24.8 Å². The molecule has 0 saturated carbocycles. The molecule has 2 aromatic rings. The number of nitro benzene ring substituents is 1. The van der Waals surface area contributed by atoms with Gasteiger partial charge in [0, 0.05) is 23.6 Å². The fourth-order valence-electron chi connectivity index (χ4n) is 3.90. The Morgan fingerprint density at radius 2 is 1.81 bits per heavy atom. The van der Waals surface area contributed by atoms with Crippen LogP contribution in [0.2, 0.25) is 0 Å². The van der Waals surface area contributed by atoms with E-state index in [1.807, 2.05) is 35.2 Å². The summed E-state index contributed by atoms with van der Waals surface area (Å²) in [4.78, 5) is 25.4. The molecule has 134 valence electrons. The third kappa shape index (κ3) is 3.08. The van der Waals surface area contributed by atoms with E-state index in [4.69, 9.17) is 4.74 Å². The zero-order valence-corrected chi connectivity index (χ0v) is 14.3. The van der Waals surface area contributed by atoms with Crippen molar-refractivity contribution in [3.63, 3.8) is 0 Å². The molecule has 26 heavy (non-hydrogen) atoms. The van der Waals surface area contributed by atoms with Crippen LogP contribution in [0.3, 0.4) is 0 Å². The summed E-state index contributed by atoms with van der Waals surface area (Å²) in [6, 6.07) is 16.4. The zero-order chi connectivity index (χ0) is 18.1. The molecule has 2 fully saturated rings. The van der Waals surface area contributed by atoms with E-state index in [0.29, 0.717) is 13.0 Å². The van der Waals surface area contributed by atoms with E-state index in [-0.39, 0.29) is 29.8 Å². The molecule has 3 atom stereocenters. The summed E-state index contributed by atoms with van der Waals surface area (Å²) in [5, 5.41) is 10.8. The normalized spacial score (nSPS) is 25.2. The van der Waals surface area contributed by atoms with Gasteiger partial charge in [-0.2, -0.15) is 0 Å². The lowest BCUT2D eigenvalue weighted by atomic mass is 9.87. The molecule has 0 bridgehead atoms. The molecule has 0 N–H and O–H groups in total. The Morgan fingerprint density at radius 1 is 1.08 bits per heavy atom. The van der Waals surface area contributed by atoms with Gasteiger partial charge in [0.05, 0.1) is 17.6 Å². The van der Waals surface area contributed by atoms with Gasteiger partial charge in [0.2, 0.25) is 5.91 Å². The predicted molar refractivity (Wildman–Crippen MR) is 95.3 cm³/mol. The smallest absolute Gasteiger partial charge is 0.269 e. The molecule has 2 aliphatic heterocycles. The van der Waals surface area contributed by atoms with Crippen LogP contribution in [-0.2, 0) is 16.0 Å². The maximum Gasteiger partial charge on any atom is 0.269 e. The number of non-ortho nitro benzene ring substituents is 1. The molecule has 0 radical (unpaired) electrons. The summed E-state index contributed by atoms with van der Waals surface area (Å²) < 4.78 is 5.93. The molecule has 0 unspecified atom stereocenters. The predicted octanol–water partition coefficient (Wildman–Crippen LogP) is 3.47. The number of piperidine rings is 1. The number of hydrogen-bond acceptors (Lipinski definition) is 4. The summed E-state index contributed by atoms with van der Waals surface area (Å²) in [6.07, 6.45) is 2.03. The second-order valence-corrected chi connectivity index (χ2v) is 6.90. The molecule has 2 aromatic carbocycles. The minimum Gasteiger partial charge on any atom is -0.352 e. The highest BCUT2D eigenvalue weighted by Crippen LogP contribution is 2.38. The fourth-order valence-corrected chi connectivity index (χ4v) is 3.90. The summed E-state index contributed by atoms with van der Waals surface area (Å²) >= 11 is 0. The number of nitro groups is 1. The van der Waals surface area contributed by atoms with Gasteiger partial charge in [0.15, 0.2) is 6.23 Å². The molecule has 6 heteroatoms. The summed E-state index contributed by atoms with van der Waals surface area (Å²) in [6.45, 7) is 0.579. The molecule has 2 aliphatic rings. The van der Waals surface area contributed by atoms with Crippen molar-refractivity contribution < 1.29 is 14.5 Å². The van der Waals surface area contributed by atoms with Crippen molar-refractivity contribution in [2.24, 2.45) is 5.92 Å². The van der Waals surface area contributed by atoms with E-state index < -0.39 is 4.92 Å². The first kappa shape index (κ1) is 16.7. The summed E-state index contributed by atoms with van der Waals surface area (Å²) in [5.41, 5.74) is 2.02. The second-order valence-electron chi connectivity index (χ2n) is 6.90. The van der Waals surface area contributed by atoms with Crippen LogP contribution < -0.4 is 0 Å². The lowest BCUT2D eigenvalue weighted by Gasteiger charge is -2.36. The van der Waals surface area contributed by atoms with Crippen molar-refractivity contribution in [3.05, 3.63) is 75.8 Å². The van der Waals surface area contributed by atoms with Gasteiger partial charge in [-0.3, -0.25) is 14.9 Å². The Morgan fingerprint density at radius 3 is 2.50 bits per heavy atom. The van der Waals surface area contributed by atoms with Gasteiger partial charge in [-0.25, -0.2) is 0 Å². The number of carbonyl (C=O) groups is 1. The van der Waals surface area contributed by atoms with Gasteiger partial charge in [0.25, 0.3) is 5.69 Å². The number of ether oxygens (including phenoxy) is 1. The van der Waals surface area contributed by atoms with Gasteiger partial charge >= 0.3 is 0 Å². The minimum atomic E-state index is -0.411. The molecule has 1 amide bonds. The van der Waals surface area contributed by atoms with Crippen molar-refractivity contribution in [1.82, 2.24) is 4.90 Å². The molecule has 6 nitrogen and oxygen atoms in total. The first-order valence-corrected chi connectivity index (χ1v) is 8.85. The first-order chi connectivity index (χ1) is 12.6. The molecule has 0 aromatic heterocycles. The van der Waals surface area contributed by atoms with E-state index in [2.05, 4.69) is 0 Å². The van der Waals surface area contributed by atoms with Crippen LogP contribution in [-0.4, -0.2) is 28.4 Å². The van der Waals surface area contributed by atoms with Crippen LogP contribution in [0.1, 0.15) is 30.2 Å². The quantitative estimate of drug-likeness (QED) is 0.624. The van der Waals surface area contributed by atoms with Gasteiger partial charge in [-0.15, -0.1) is 0 Å². The maximum atomic E-state index is 13.1. The largest absolute Gasteiger partial charge is 0.352 e. The Hall–Kier alpha value is -2.73. The Labute approximate surface area is 151 Å². The third-order valence-electron chi connectivity index (χ3n) is 5.26. The fraction of sp³-hybridized carbons (Fsp3) is 0.350. The van der Waals surface area contributed by atoms with Gasteiger partial charge in [-0.1, -0.05) is 42.5 Å². The lowest BCUT2D eigenvalue weighted by Crippen LogP contribution is -2.46. The van der Waals surface area contributed by atoms with Gasteiger partial charge in [0.1, 0.15) is 0 Å². The van der Waals surface area contributed by atoms with E-state index in [1.54, 1.807) is 12.1 Å². The van der Waals surface area contributed by atoms with Crippen LogP contribution in [0.25, 0.3) is 0 Å². The third-order valence-corrected chi connectivity index (χ3v) is 5.26. The summed E-state index contributed by atoms with van der Waals surface area (Å²) in [7, 11) is 0. The molecule has 4 rings (SSSR count). The Bertz CT molecular complexity index is 806. The molecule has 2 heterocycles. The van der Waals surface area contributed by atoms with Crippen molar-refractivity contribution in [2.45, 2.75) is 31.5 Å². The van der Waals surface area contributed by atoms with Crippen LogP contribution in [0, 0.1) is 16.0 Å². The maximum absolute atomic E-state index is 13.1. The Balaban J connectivity index is 1.51. The highest BCUT2D eigenvalue weighted by Gasteiger charge is 2.44. The van der Waals surface area contributed by atoms with E-state index in [9.17, 15) is 14.9 Å². The highest BCUT2D eigenvalue weighted by molar-refractivity contribution is 5.81. The van der Waals surface area contributed by atoms with Crippen molar-refractivity contribution in [3.8, 4) is 0 Å². The van der Waals surface area contributed by atoms with Crippen molar-refractivity contribution >= 4 is 11.6 Å². The molecule has 0 spiro atoms. The number of nitrogens with zero attached hydrogens (tertiary/aromatic N) is 2. The van der Waals surface area contributed by atoms with Crippen LogP contribution >= 0.6 is 0 Å². The number of benzene rings is 2. The van der Waals surface area contributed by atoms with Crippen LogP contribution in [0.15, 0.2) is 54.6 Å². The topological polar surface area (TPSA) is 72.7 Å². The van der Waals surface area contributed by atoms with Crippen LogP contribution in [0.5, 0.6) is 0 Å². The zero-order valence-electron chi connectivity index (χ0n) is 14.3. The molecular weight excluding hydrogens is 332 g/mol. The first-order valence-electron chi connectivity index (χ1n) is 8.85. The summed E-state index contributed by atoms with van der Waals surface area (Å²) in [5.74, 6) is 0.00609. The highest BCUT2D eigenvalue weighted by atomic mass is 16.6. The number of fused-ring (bicyclic) bond motifs is 1. The average molecular weight is 352 g/mol. The average Bonchev–Trinajstić information content (AvgIpc) is 3.10. The van der Waals surface area contributed by atoms with E-state index >= 15 is 0 Å². The Kier molecular flexibility index (Phi) is 4.42. The number of amides is 1. The standard InChI is InChI=1S/C20H20N2O4/c23-19-16(12-14-6-9-17(10-7-14)22(24)25)8-11-18-13-26-20(21(18)19)15-4-2-1-3-5-15/h1-7,9-10,16,18,20H,8,11-13H2/t16-,18-,20+/m0/s1. The van der Waals surface area contributed by atoms with E-state index in [1.165, 1.54) is 12.1 Å². The molecule has 2 saturated heterocycles. The van der Waals surface area contributed by atoms with E-state index in [0.717, 1.165) is 24.0 Å². The SMILES string of the molecule is O=C1[C@H](Cc2ccc([N+](=O)[O-])cc2)CC[C@H]2CO[C@H](c3ccccc3)N12. The monoisotopic (exact) mass is 352 g/mol. The van der Waals surface area contributed by atoms with Crippen molar-refractivity contribution in [2.75, 3.05) is 6.61 Å². The lowest BCUT2D eigenvalue weighted by molar-refractivity contribution is -0.384. The van der Waals surface area contributed by atoms with Gasteiger partial charge < -0.3 is 9.64 Å². The molecule has 0 aliphatic carbocycles. The number of carbonyl (C=O) groups excluding carboxylic acids is 1. The second kappa shape index (κ2) is 6.88. The van der Waals surface area contributed by atoms with Crippen LogP contribution in [0.4, 0.5) is 5.69 Å². The number of hydrogen-bond donors (Lipinski definition) is 0.